The molecule has 4 nitrogen and oxygen atoms in total. The SMILES string of the molecule is CC1=N[C@@H]([C@@H](/C=C/c2ccccc2)Nc2ccccc2)C(=O)O1. The van der Waals surface area contributed by atoms with Crippen molar-refractivity contribution in [3.63, 3.8) is 0 Å². The number of esters is 1. The van der Waals surface area contributed by atoms with Crippen LogP contribution in [0.3, 0.4) is 0 Å². The van der Waals surface area contributed by atoms with Gasteiger partial charge in [-0.2, -0.15) is 0 Å². The normalized spacial score (nSPS) is 18.6. The molecule has 2 aromatic rings. The van der Waals surface area contributed by atoms with Crippen molar-refractivity contribution < 1.29 is 9.53 Å². The summed E-state index contributed by atoms with van der Waals surface area (Å²) < 4.78 is 5.08. The van der Waals surface area contributed by atoms with Crippen LogP contribution in [0.25, 0.3) is 6.08 Å². The monoisotopic (exact) mass is 306 g/mol. The van der Waals surface area contributed by atoms with E-state index in [1.54, 1.807) is 6.92 Å². The van der Waals surface area contributed by atoms with Crippen molar-refractivity contribution in [3.8, 4) is 0 Å². The lowest BCUT2D eigenvalue weighted by Gasteiger charge is -2.18. The van der Waals surface area contributed by atoms with E-state index in [4.69, 9.17) is 4.74 Å². The second kappa shape index (κ2) is 6.92. The molecular formula is C19H18N2O2. The summed E-state index contributed by atoms with van der Waals surface area (Å²) in [7, 11) is 0. The summed E-state index contributed by atoms with van der Waals surface area (Å²) in [4.78, 5) is 16.3. The third-order valence-corrected chi connectivity index (χ3v) is 3.55. The summed E-state index contributed by atoms with van der Waals surface area (Å²) in [5.74, 6) is 0.0848. The molecule has 23 heavy (non-hydrogen) atoms. The van der Waals surface area contributed by atoms with Crippen molar-refractivity contribution in [2.45, 2.75) is 19.0 Å². The van der Waals surface area contributed by atoms with Crippen molar-refractivity contribution in [1.29, 1.82) is 0 Å². The van der Waals surface area contributed by atoms with E-state index in [2.05, 4.69) is 10.3 Å². The average Bonchev–Trinajstić information content (AvgIpc) is 2.92. The fraction of sp³-hybridized carbons (Fsp3) is 0.158. The first-order valence-corrected chi connectivity index (χ1v) is 7.53. The molecule has 0 aromatic heterocycles. The Labute approximate surface area is 135 Å². The number of nitrogens with one attached hydrogen (secondary N) is 1. The number of carbonyl (C=O) groups excluding carboxylic acids is 1. The molecule has 0 spiro atoms. The largest absolute Gasteiger partial charge is 0.411 e. The Hall–Kier alpha value is -2.88. The fourth-order valence-corrected chi connectivity index (χ4v) is 2.45. The van der Waals surface area contributed by atoms with Crippen LogP contribution in [0.4, 0.5) is 5.69 Å². The number of ether oxygens (including phenoxy) is 1. The molecule has 0 radical (unpaired) electrons. The summed E-state index contributed by atoms with van der Waals surface area (Å²) in [5.41, 5.74) is 2.00. The van der Waals surface area contributed by atoms with Gasteiger partial charge in [-0.15, -0.1) is 0 Å². The Bertz CT molecular complexity index is 724. The minimum absolute atomic E-state index is 0.275. The Morgan fingerprint density at radius 1 is 1.09 bits per heavy atom. The second-order valence-electron chi connectivity index (χ2n) is 5.32. The van der Waals surface area contributed by atoms with Crippen LogP contribution >= 0.6 is 0 Å². The fourth-order valence-electron chi connectivity index (χ4n) is 2.45. The number of benzene rings is 2. The zero-order chi connectivity index (χ0) is 16.1. The molecule has 0 amide bonds. The van der Waals surface area contributed by atoms with E-state index in [0.29, 0.717) is 5.90 Å². The summed E-state index contributed by atoms with van der Waals surface area (Å²) in [6.45, 7) is 1.69. The number of rotatable bonds is 5. The van der Waals surface area contributed by atoms with E-state index in [1.807, 2.05) is 72.8 Å². The topological polar surface area (TPSA) is 50.7 Å². The van der Waals surface area contributed by atoms with Gasteiger partial charge in [-0.25, -0.2) is 9.79 Å². The lowest BCUT2D eigenvalue weighted by molar-refractivity contribution is -0.135. The van der Waals surface area contributed by atoms with E-state index < -0.39 is 6.04 Å². The molecule has 0 bridgehead atoms. The van der Waals surface area contributed by atoms with Gasteiger partial charge in [-0.1, -0.05) is 60.7 Å². The summed E-state index contributed by atoms with van der Waals surface area (Å²) >= 11 is 0. The molecule has 0 fully saturated rings. The van der Waals surface area contributed by atoms with Crippen LogP contribution in [0.15, 0.2) is 71.7 Å². The highest BCUT2D eigenvalue weighted by Crippen LogP contribution is 2.18. The Kier molecular flexibility index (Phi) is 4.52. The summed E-state index contributed by atoms with van der Waals surface area (Å²) in [5, 5.41) is 3.35. The number of nitrogens with zero attached hydrogens (tertiary/aromatic N) is 1. The predicted octanol–water partition coefficient (Wildman–Crippen LogP) is 3.52. The number of aliphatic imine (C=N–C) groups is 1. The minimum atomic E-state index is -0.574. The van der Waals surface area contributed by atoms with Crippen LogP contribution in [-0.4, -0.2) is 24.0 Å². The van der Waals surface area contributed by atoms with Crippen molar-refractivity contribution in [1.82, 2.24) is 0 Å². The summed E-state index contributed by atoms with van der Waals surface area (Å²) in [6, 6.07) is 18.9. The van der Waals surface area contributed by atoms with E-state index in [1.165, 1.54) is 0 Å². The smallest absolute Gasteiger partial charge is 0.339 e. The van der Waals surface area contributed by atoms with Crippen LogP contribution in [-0.2, 0) is 9.53 Å². The molecule has 3 rings (SSSR count). The Balaban J connectivity index is 1.84. The molecule has 4 heteroatoms. The average molecular weight is 306 g/mol. The highest BCUT2D eigenvalue weighted by Gasteiger charge is 2.33. The van der Waals surface area contributed by atoms with Crippen LogP contribution in [0.5, 0.6) is 0 Å². The predicted molar refractivity (Wildman–Crippen MR) is 92.3 cm³/mol. The van der Waals surface area contributed by atoms with E-state index in [0.717, 1.165) is 11.3 Å². The van der Waals surface area contributed by atoms with Gasteiger partial charge in [0, 0.05) is 12.6 Å². The van der Waals surface area contributed by atoms with Crippen molar-refractivity contribution in [3.05, 3.63) is 72.3 Å². The third kappa shape index (κ3) is 3.86. The zero-order valence-electron chi connectivity index (χ0n) is 12.8. The van der Waals surface area contributed by atoms with Crippen LogP contribution in [0, 0.1) is 0 Å². The number of anilines is 1. The lowest BCUT2D eigenvalue weighted by atomic mass is 10.1. The quantitative estimate of drug-likeness (QED) is 0.860. The van der Waals surface area contributed by atoms with Gasteiger partial charge in [0.1, 0.15) is 0 Å². The maximum absolute atomic E-state index is 12.0. The first-order chi connectivity index (χ1) is 11.2. The molecule has 1 N–H and O–H groups in total. The molecule has 0 saturated heterocycles. The van der Waals surface area contributed by atoms with Gasteiger partial charge in [0.2, 0.25) is 0 Å². The van der Waals surface area contributed by atoms with Crippen LogP contribution < -0.4 is 5.32 Å². The number of para-hydroxylation sites is 1. The molecule has 0 aliphatic carbocycles. The minimum Gasteiger partial charge on any atom is -0.411 e. The first kappa shape index (κ1) is 15.0. The van der Waals surface area contributed by atoms with E-state index in [-0.39, 0.29) is 12.0 Å². The number of hydrogen-bond acceptors (Lipinski definition) is 4. The standard InChI is InChI=1S/C19H18N2O2/c1-14-20-18(19(22)23-14)17(21-16-10-6-3-7-11-16)13-12-15-8-4-2-5-9-15/h2-13,17-18,21H,1H3/b13-12+/t17-,18+/m1/s1. The molecule has 0 saturated carbocycles. The highest BCUT2D eigenvalue weighted by atomic mass is 16.6. The zero-order valence-corrected chi connectivity index (χ0v) is 12.8. The molecule has 1 aliphatic rings. The molecular weight excluding hydrogens is 288 g/mol. The van der Waals surface area contributed by atoms with Gasteiger partial charge in [0.05, 0.1) is 6.04 Å². The summed E-state index contributed by atoms with van der Waals surface area (Å²) in [6.07, 6.45) is 3.94. The van der Waals surface area contributed by atoms with Gasteiger partial charge >= 0.3 is 5.97 Å². The number of cyclic esters (lactones) is 1. The van der Waals surface area contributed by atoms with Gasteiger partial charge in [-0.3, -0.25) is 0 Å². The molecule has 1 heterocycles. The molecule has 2 atom stereocenters. The molecule has 2 aromatic carbocycles. The van der Waals surface area contributed by atoms with Crippen LogP contribution in [0.2, 0.25) is 0 Å². The first-order valence-electron chi connectivity index (χ1n) is 7.53. The third-order valence-electron chi connectivity index (χ3n) is 3.55. The van der Waals surface area contributed by atoms with Gasteiger partial charge in [0.25, 0.3) is 0 Å². The second-order valence-corrected chi connectivity index (χ2v) is 5.32. The Morgan fingerprint density at radius 3 is 2.35 bits per heavy atom. The van der Waals surface area contributed by atoms with Crippen molar-refractivity contribution in [2.24, 2.45) is 4.99 Å². The van der Waals surface area contributed by atoms with Gasteiger partial charge < -0.3 is 10.1 Å². The Morgan fingerprint density at radius 2 is 1.74 bits per heavy atom. The van der Waals surface area contributed by atoms with Crippen LogP contribution in [0.1, 0.15) is 12.5 Å². The number of carbonyl (C=O) groups is 1. The maximum atomic E-state index is 12.0. The highest BCUT2D eigenvalue weighted by molar-refractivity contribution is 5.97. The van der Waals surface area contributed by atoms with E-state index >= 15 is 0 Å². The molecule has 116 valence electrons. The molecule has 1 aliphatic heterocycles. The van der Waals surface area contributed by atoms with Gasteiger partial charge in [0.15, 0.2) is 11.9 Å². The molecule has 0 unspecified atom stereocenters. The maximum Gasteiger partial charge on any atom is 0.339 e. The lowest BCUT2D eigenvalue weighted by Crippen LogP contribution is -2.35. The number of hydrogen-bond donors (Lipinski definition) is 1. The van der Waals surface area contributed by atoms with E-state index in [9.17, 15) is 4.79 Å². The van der Waals surface area contributed by atoms with Crippen molar-refractivity contribution in [2.75, 3.05) is 5.32 Å². The van der Waals surface area contributed by atoms with Crippen molar-refractivity contribution >= 4 is 23.6 Å². The van der Waals surface area contributed by atoms with Gasteiger partial charge in [-0.05, 0) is 17.7 Å².